The summed E-state index contributed by atoms with van der Waals surface area (Å²) in [5.41, 5.74) is -0.461. The van der Waals surface area contributed by atoms with E-state index >= 15 is 0 Å². The summed E-state index contributed by atoms with van der Waals surface area (Å²) in [5.74, 6) is 0.0237. The minimum absolute atomic E-state index is 0.00320. The van der Waals surface area contributed by atoms with Gasteiger partial charge in [0.2, 0.25) is 5.95 Å². The first-order valence-corrected chi connectivity index (χ1v) is 7.18. The second kappa shape index (κ2) is 6.26. The lowest BCUT2D eigenvalue weighted by molar-refractivity contribution is -0.0459. The summed E-state index contributed by atoms with van der Waals surface area (Å²) in [6.45, 7) is -0.531. The number of hydrogen-bond donors (Lipinski definition) is 3. The van der Waals surface area contributed by atoms with Crippen LogP contribution in [0.25, 0.3) is 11.2 Å². The fourth-order valence-electron chi connectivity index (χ4n) is 2.41. The van der Waals surface area contributed by atoms with Gasteiger partial charge in [0, 0.05) is 14.1 Å². The second-order valence-electron chi connectivity index (χ2n) is 5.60. The summed E-state index contributed by atoms with van der Waals surface area (Å²) >= 11 is 0. The molecule has 3 heterocycles. The van der Waals surface area contributed by atoms with Crippen LogP contribution in [0.2, 0.25) is 0 Å². The van der Waals surface area contributed by atoms with Gasteiger partial charge in [-0.05, 0) is 0 Å². The van der Waals surface area contributed by atoms with E-state index in [1.807, 2.05) is 0 Å². The second-order valence-corrected chi connectivity index (χ2v) is 5.60. The zero-order valence-corrected chi connectivity index (χ0v) is 13.0. The summed E-state index contributed by atoms with van der Waals surface area (Å²) in [4.78, 5) is 28.2. The van der Waals surface area contributed by atoms with E-state index in [0.717, 1.165) is 0 Å². The lowest BCUT2D eigenvalue weighted by Crippen LogP contribution is -2.30. The van der Waals surface area contributed by atoms with Crippen LogP contribution < -0.4 is 5.56 Å². The summed E-state index contributed by atoms with van der Waals surface area (Å²) in [6, 6.07) is 0. The molecule has 0 spiro atoms. The number of H-pyrrole nitrogens is 1. The molecule has 1 saturated heterocycles. The van der Waals surface area contributed by atoms with E-state index in [2.05, 4.69) is 19.9 Å². The number of rotatable bonds is 4. The third-order valence-electron chi connectivity index (χ3n) is 3.58. The van der Waals surface area contributed by atoms with E-state index in [4.69, 9.17) is 9.84 Å². The number of alkyl halides is 1. The molecule has 0 bridgehead atoms. The Morgan fingerprint density at radius 1 is 1.58 bits per heavy atom. The molecule has 0 radical (unpaired) electrons. The van der Waals surface area contributed by atoms with Crippen molar-refractivity contribution in [2.24, 2.45) is 4.99 Å². The van der Waals surface area contributed by atoms with Gasteiger partial charge >= 0.3 is 0 Å². The Bertz CT molecular complexity index is 818. The molecule has 1 aliphatic heterocycles. The van der Waals surface area contributed by atoms with Crippen LogP contribution in [-0.4, -0.2) is 80.1 Å². The molecule has 3 rings (SSSR count). The van der Waals surface area contributed by atoms with E-state index in [0.29, 0.717) is 0 Å². The quantitative estimate of drug-likeness (QED) is 0.477. The third-order valence-corrected chi connectivity index (χ3v) is 3.58. The molecule has 3 N–H and O–H groups in total. The van der Waals surface area contributed by atoms with Gasteiger partial charge in [0.15, 0.2) is 23.6 Å². The Hall–Kier alpha value is -2.37. The topological polar surface area (TPSA) is 129 Å². The third kappa shape index (κ3) is 2.77. The van der Waals surface area contributed by atoms with Crippen molar-refractivity contribution < 1.29 is 19.3 Å². The molecule has 130 valence electrons. The van der Waals surface area contributed by atoms with E-state index < -0.39 is 36.8 Å². The molecule has 1 aliphatic rings. The summed E-state index contributed by atoms with van der Waals surface area (Å²) in [6.07, 6.45) is -2.94. The van der Waals surface area contributed by atoms with Gasteiger partial charge in [-0.25, -0.2) is 14.4 Å². The van der Waals surface area contributed by atoms with E-state index in [1.165, 1.54) is 17.2 Å². The molecule has 0 saturated carbocycles. The van der Waals surface area contributed by atoms with Crippen LogP contribution in [-0.2, 0) is 4.74 Å². The maximum atomic E-state index is 14.3. The predicted octanol–water partition coefficient (Wildman–Crippen LogP) is -1.07. The number of aromatic amines is 1. The highest BCUT2D eigenvalue weighted by Crippen LogP contribution is 2.33. The van der Waals surface area contributed by atoms with Crippen LogP contribution in [0, 0.1) is 0 Å². The van der Waals surface area contributed by atoms with Gasteiger partial charge in [-0.3, -0.25) is 14.3 Å². The number of ether oxygens (including phenoxy) is 1. The smallest absolute Gasteiger partial charge is 0.280 e. The van der Waals surface area contributed by atoms with Crippen LogP contribution in [0.1, 0.15) is 6.23 Å². The van der Waals surface area contributed by atoms with Crippen molar-refractivity contribution in [1.29, 1.82) is 0 Å². The van der Waals surface area contributed by atoms with Crippen LogP contribution in [0.15, 0.2) is 16.1 Å². The molecular weight excluding hydrogens is 323 g/mol. The zero-order chi connectivity index (χ0) is 17.4. The first kappa shape index (κ1) is 16.5. The average molecular weight is 340 g/mol. The van der Waals surface area contributed by atoms with Crippen molar-refractivity contribution in [3.63, 3.8) is 0 Å². The van der Waals surface area contributed by atoms with E-state index in [-0.39, 0.29) is 17.1 Å². The lowest BCUT2D eigenvalue weighted by Gasteiger charge is -2.14. The minimum Gasteiger partial charge on any atom is -0.394 e. The van der Waals surface area contributed by atoms with Gasteiger partial charge in [0.25, 0.3) is 5.56 Å². The molecule has 10 nitrogen and oxygen atoms in total. The van der Waals surface area contributed by atoms with Crippen LogP contribution in [0.4, 0.5) is 10.3 Å². The largest absolute Gasteiger partial charge is 0.394 e. The summed E-state index contributed by atoms with van der Waals surface area (Å²) in [7, 11) is 3.50. The Morgan fingerprint density at radius 3 is 2.96 bits per heavy atom. The van der Waals surface area contributed by atoms with Crippen LogP contribution in [0.3, 0.4) is 0 Å². The minimum atomic E-state index is -1.80. The molecule has 0 aromatic carbocycles. The Balaban J connectivity index is 2.05. The Labute approximate surface area is 135 Å². The summed E-state index contributed by atoms with van der Waals surface area (Å²) < 4.78 is 20.8. The molecule has 0 unspecified atom stereocenters. The molecule has 0 amide bonds. The zero-order valence-electron chi connectivity index (χ0n) is 13.0. The van der Waals surface area contributed by atoms with Gasteiger partial charge in [-0.2, -0.15) is 4.98 Å². The number of aliphatic hydroxyl groups is 2. The average Bonchev–Trinajstić information content (AvgIpc) is 3.08. The fourth-order valence-corrected chi connectivity index (χ4v) is 2.41. The number of aliphatic hydroxyl groups excluding tert-OH is 2. The SMILES string of the molecule is CN(C)C=Nc1nc2c(ncn2[C@@H]2O[C@H](CO)[C@@H](O)[C@H]2F)c(=O)[nH]1. The van der Waals surface area contributed by atoms with E-state index in [9.17, 15) is 14.3 Å². The Morgan fingerprint density at radius 2 is 2.33 bits per heavy atom. The maximum Gasteiger partial charge on any atom is 0.280 e. The van der Waals surface area contributed by atoms with Crippen molar-refractivity contribution in [2.45, 2.75) is 24.6 Å². The van der Waals surface area contributed by atoms with Crippen molar-refractivity contribution >= 4 is 23.5 Å². The highest BCUT2D eigenvalue weighted by Gasteiger charge is 2.45. The number of aromatic nitrogens is 4. The normalized spacial score (nSPS) is 27.4. The fraction of sp³-hybridized carbons (Fsp3) is 0.538. The number of nitrogens with one attached hydrogen (secondary N) is 1. The highest BCUT2D eigenvalue weighted by atomic mass is 19.1. The molecule has 24 heavy (non-hydrogen) atoms. The van der Waals surface area contributed by atoms with Crippen molar-refractivity contribution in [2.75, 3.05) is 20.7 Å². The molecule has 4 atom stereocenters. The van der Waals surface area contributed by atoms with Gasteiger partial charge in [0.05, 0.1) is 19.3 Å². The van der Waals surface area contributed by atoms with Crippen molar-refractivity contribution in [3.8, 4) is 0 Å². The molecule has 2 aromatic heterocycles. The van der Waals surface area contributed by atoms with Gasteiger partial charge < -0.3 is 19.8 Å². The number of aliphatic imine (C=N–C) groups is 1. The van der Waals surface area contributed by atoms with Crippen molar-refractivity contribution in [1.82, 2.24) is 24.4 Å². The number of halogens is 1. The maximum absolute atomic E-state index is 14.3. The van der Waals surface area contributed by atoms with Crippen LogP contribution >= 0.6 is 0 Å². The molecular formula is C13H17FN6O4. The molecule has 11 heteroatoms. The molecule has 0 aliphatic carbocycles. The number of nitrogens with zero attached hydrogens (tertiary/aromatic N) is 5. The first-order valence-electron chi connectivity index (χ1n) is 7.18. The van der Waals surface area contributed by atoms with Crippen LogP contribution in [0.5, 0.6) is 0 Å². The van der Waals surface area contributed by atoms with Gasteiger partial charge in [-0.1, -0.05) is 0 Å². The van der Waals surface area contributed by atoms with Gasteiger partial charge in [0.1, 0.15) is 12.2 Å². The summed E-state index contributed by atoms with van der Waals surface area (Å²) in [5, 5.41) is 18.9. The monoisotopic (exact) mass is 340 g/mol. The number of imidazole rings is 1. The van der Waals surface area contributed by atoms with E-state index in [1.54, 1.807) is 19.0 Å². The standard InChI is InChI=1S/C13H17FN6O4/c1-19(2)4-16-13-17-10-8(11(23)18-13)15-5-20(10)12-7(14)9(22)6(3-21)24-12/h4-7,9,12,21-22H,3H2,1-2H3,(H,17,18,23)/t6-,7-,9-,12-/m1/s1. The first-order chi connectivity index (χ1) is 11.4. The van der Waals surface area contributed by atoms with Crippen molar-refractivity contribution in [3.05, 3.63) is 16.7 Å². The Kier molecular flexibility index (Phi) is 4.30. The predicted molar refractivity (Wildman–Crippen MR) is 81.9 cm³/mol. The lowest BCUT2D eigenvalue weighted by atomic mass is 10.1. The molecule has 1 fully saturated rings. The highest BCUT2D eigenvalue weighted by molar-refractivity contribution is 5.71. The molecule has 2 aromatic rings. The number of fused-ring (bicyclic) bond motifs is 1. The van der Waals surface area contributed by atoms with Gasteiger partial charge in [-0.15, -0.1) is 0 Å². The number of hydrogen-bond acceptors (Lipinski definition) is 7.